The normalized spacial score (nSPS) is 23.6. The molecule has 2 aliphatic rings. The van der Waals surface area contributed by atoms with E-state index in [0.717, 1.165) is 28.1 Å². The van der Waals surface area contributed by atoms with E-state index in [2.05, 4.69) is 17.2 Å². The molecular formula is C14H14N2O3S. The van der Waals surface area contributed by atoms with Crippen LogP contribution in [-0.2, 0) is 4.79 Å². The first-order valence-electron chi connectivity index (χ1n) is 6.72. The van der Waals surface area contributed by atoms with Crippen molar-refractivity contribution in [1.82, 2.24) is 4.98 Å². The van der Waals surface area contributed by atoms with Gasteiger partial charge in [0.15, 0.2) is 16.6 Å². The summed E-state index contributed by atoms with van der Waals surface area (Å²) < 4.78 is 12.1. The van der Waals surface area contributed by atoms with E-state index >= 15 is 0 Å². The minimum atomic E-state index is 0.0776. The van der Waals surface area contributed by atoms with E-state index in [1.165, 1.54) is 11.3 Å². The predicted octanol–water partition coefficient (Wildman–Crippen LogP) is 2.66. The number of nitrogens with zero attached hydrogens (tertiary/aromatic N) is 1. The van der Waals surface area contributed by atoms with Gasteiger partial charge in [0.2, 0.25) is 5.91 Å². The van der Waals surface area contributed by atoms with Gasteiger partial charge < -0.3 is 14.8 Å². The number of rotatable bonds is 2. The Morgan fingerprint density at radius 2 is 2.05 bits per heavy atom. The Labute approximate surface area is 119 Å². The zero-order chi connectivity index (χ0) is 13.7. The van der Waals surface area contributed by atoms with Crippen LogP contribution in [0.5, 0.6) is 11.5 Å². The van der Waals surface area contributed by atoms with Crippen molar-refractivity contribution < 1.29 is 14.3 Å². The van der Waals surface area contributed by atoms with Crippen LogP contribution in [0.2, 0.25) is 0 Å². The van der Waals surface area contributed by atoms with Gasteiger partial charge in [0.1, 0.15) is 13.2 Å². The molecule has 1 saturated carbocycles. The number of aromatic nitrogens is 1. The number of anilines is 1. The molecule has 0 radical (unpaired) electrons. The van der Waals surface area contributed by atoms with Gasteiger partial charge in [-0.15, -0.1) is 0 Å². The number of amides is 1. The molecule has 2 heterocycles. The molecule has 0 spiro atoms. The Morgan fingerprint density at radius 1 is 1.35 bits per heavy atom. The molecule has 1 aliphatic carbocycles. The minimum Gasteiger partial charge on any atom is -0.486 e. The molecule has 5 nitrogen and oxygen atoms in total. The third kappa shape index (κ3) is 2.00. The summed E-state index contributed by atoms with van der Waals surface area (Å²) in [5, 5.41) is 3.55. The summed E-state index contributed by atoms with van der Waals surface area (Å²) in [5.41, 5.74) is 0.832. The first kappa shape index (κ1) is 12.0. The number of benzene rings is 1. The second-order valence-electron chi connectivity index (χ2n) is 5.29. The molecular weight excluding hydrogens is 276 g/mol. The molecule has 20 heavy (non-hydrogen) atoms. The van der Waals surface area contributed by atoms with Crippen molar-refractivity contribution in [1.29, 1.82) is 0 Å². The van der Waals surface area contributed by atoms with Gasteiger partial charge in [-0.1, -0.05) is 18.3 Å². The standard InChI is InChI=1S/C14H14N2O3S/c1-7-4-8(7)13(17)16-14-15-9-5-10-11(6-12(9)20-14)19-3-2-18-10/h5-8H,2-4H2,1H3,(H,15,16,17)/t7-,8-/m1/s1. The second-order valence-corrected chi connectivity index (χ2v) is 6.32. The Bertz CT molecular complexity index is 654. The van der Waals surface area contributed by atoms with Crippen molar-refractivity contribution in [3.8, 4) is 11.5 Å². The lowest BCUT2D eigenvalue weighted by atomic mass is 10.3. The van der Waals surface area contributed by atoms with E-state index in [-0.39, 0.29) is 11.8 Å². The van der Waals surface area contributed by atoms with Gasteiger partial charge in [-0.25, -0.2) is 4.98 Å². The van der Waals surface area contributed by atoms with Gasteiger partial charge >= 0.3 is 0 Å². The van der Waals surface area contributed by atoms with Crippen molar-refractivity contribution in [2.45, 2.75) is 13.3 Å². The van der Waals surface area contributed by atoms with Crippen LogP contribution >= 0.6 is 11.3 Å². The monoisotopic (exact) mass is 290 g/mol. The third-order valence-corrected chi connectivity index (χ3v) is 4.66. The van der Waals surface area contributed by atoms with E-state index in [1.807, 2.05) is 12.1 Å². The molecule has 1 aromatic heterocycles. The lowest BCUT2D eigenvalue weighted by Gasteiger charge is -2.17. The predicted molar refractivity (Wildman–Crippen MR) is 76.5 cm³/mol. The average Bonchev–Trinajstić information content (AvgIpc) is 3.04. The summed E-state index contributed by atoms with van der Waals surface area (Å²) in [7, 11) is 0. The van der Waals surface area contributed by atoms with Gasteiger partial charge in [-0.3, -0.25) is 4.79 Å². The molecule has 1 aliphatic heterocycles. The van der Waals surface area contributed by atoms with Crippen LogP contribution < -0.4 is 14.8 Å². The summed E-state index contributed by atoms with van der Waals surface area (Å²) in [4.78, 5) is 16.4. The fourth-order valence-corrected chi connectivity index (χ4v) is 3.28. The number of hydrogen-bond acceptors (Lipinski definition) is 5. The van der Waals surface area contributed by atoms with Crippen LogP contribution in [0.25, 0.3) is 10.2 Å². The summed E-state index contributed by atoms with van der Waals surface area (Å²) >= 11 is 1.47. The zero-order valence-corrected chi connectivity index (χ0v) is 11.8. The lowest BCUT2D eigenvalue weighted by Crippen LogP contribution is -2.15. The molecule has 1 amide bonds. The van der Waals surface area contributed by atoms with Gasteiger partial charge in [-0.2, -0.15) is 0 Å². The summed E-state index contributed by atoms with van der Waals surface area (Å²) in [6, 6.07) is 3.80. The van der Waals surface area contributed by atoms with Crippen LogP contribution in [0.15, 0.2) is 12.1 Å². The molecule has 104 valence electrons. The van der Waals surface area contributed by atoms with Crippen molar-refractivity contribution in [2.24, 2.45) is 11.8 Å². The Hall–Kier alpha value is -1.82. The smallest absolute Gasteiger partial charge is 0.229 e. The molecule has 1 fully saturated rings. The Kier molecular flexibility index (Phi) is 2.60. The minimum absolute atomic E-state index is 0.0776. The topological polar surface area (TPSA) is 60.5 Å². The summed E-state index contributed by atoms with van der Waals surface area (Å²) in [6.45, 7) is 3.22. The second kappa shape index (κ2) is 4.34. The van der Waals surface area contributed by atoms with Gasteiger partial charge in [-0.05, 0) is 12.3 Å². The van der Waals surface area contributed by atoms with E-state index in [4.69, 9.17) is 9.47 Å². The first-order valence-corrected chi connectivity index (χ1v) is 7.53. The van der Waals surface area contributed by atoms with Crippen LogP contribution in [0.1, 0.15) is 13.3 Å². The molecule has 0 unspecified atom stereocenters. The molecule has 1 N–H and O–H groups in total. The molecule has 1 aromatic carbocycles. The fourth-order valence-electron chi connectivity index (χ4n) is 2.40. The molecule has 0 saturated heterocycles. The fraction of sp³-hybridized carbons (Fsp3) is 0.429. The number of fused-ring (bicyclic) bond motifs is 2. The van der Waals surface area contributed by atoms with E-state index in [0.29, 0.717) is 24.3 Å². The molecule has 2 aromatic rings. The van der Waals surface area contributed by atoms with E-state index < -0.39 is 0 Å². The largest absolute Gasteiger partial charge is 0.486 e. The molecule has 2 atom stereocenters. The number of ether oxygens (including phenoxy) is 2. The van der Waals surface area contributed by atoms with Crippen molar-refractivity contribution in [2.75, 3.05) is 18.5 Å². The Balaban J connectivity index is 1.63. The summed E-state index contributed by atoms with van der Waals surface area (Å²) in [5.74, 6) is 2.21. The van der Waals surface area contributed by atoms with Crippen LogP contribution in [0.4, 0.5) is 5.13 Å². The first-order chi connectivity index (χ1) is 9.70. The third-order valence-electron chi connectivity index (χ3n) is 3.73. The molecule has 6 heteroatoms. The van der Waals surface area contributed by atoms with Crippen molar-refractivity contribution >= 4 is 32.6 Å². The maximum Gasteiger partial charge on any atom is 0.229 e. The lowest BCUT2D eigenvalue weighted by molar-refractivity contribution is -0.117. The van der Waals surface area contributed by atoms with Gasteiger partial charge in [0.25, 0.3) is 0 Å². The van der Waals surface area contributed by atoms with Gasteiger partial charge in [0, 0.05) is 18.1 Å². The highest BCUT2D eigenvalue weighted by Crippen LogP contribution is 2.40. The van der Waals surface area contributed by atoms with E-state index in [9.17, 15) is 4.79 Å². The maximum atomic E-state index is 11.9. The van der Waals surface area contributed by atoms with Crippen LogP contribution in [0.3, 0.4) is 0 Å². The number of hydrogen-bond donors (Lipinski definition) is 1. The molecule has 4 rings (SSSR count). The summed E-state index contributed by atoms with van der Waals surface area (Å²) in [6.07, 6.45) is 0.979. The zero-order valence-electron chi connectivity index (χ0n) is 11.0. The van der Waals surface area contributed by atoms with Crippen LogP contribution in [-0.4, -0.2) is 24.1 Å². The maximum absolute atomic E-state index is 11.9. The van der Waals surface area contributed by atoms with Crippen molar-refractivity contribution in [3.63, 3.8) is 0 Å². The highest BCUT2D eigenvalue weighted by atomic mass is 32.1. The number of thiazole rings is 1. The number of nitrogens with one attached hydrogen (secondary N) is 1. The quantitative estimate of drug-likeness (QED) is 0.923. The van der Waals surface area contributed by atoms with Crippen molar-refractivity contribution in [3.05, 3.63) is 12.1 Å². The Morgan fingerprint density at radius 3 is 2.75 bits per heavy atom. The highest BCUT2D eigenvalue weighted by molar-refractivity contribution is 7.22. The SMILES string of the molecule is C[C@@H]1C[C@H]1C(=O)Nc1nc2cc3c(cc2s1)OCCO3. The molecule has 0 bridgehead atoms. The van der Waals surface area contributed by atoms with Crippen LogP contribution in [0, 0.1) is 11.8 Å². The van der Waals surface area contributed by atoms with Gasteiger partial charge in [0.05, 0.1) is 10.2 Å². The average molecular weight is 290 g/mol. The van der Waals surface area contributed by atoms with E-state index in [1.54, 1.807) is 0 Å². The highest BCUT2D eigenvalue weighted by Gasteiger charge is 2.39. The number of carbonyl (C=O) groups excluding carboxylic acids is 1. The number of carbonyl (C=O) groups is 1.